The monoisotopic (exact) mass is 198 g/mol. The van der Waals surface area contributed by atoms with Crippen molar-refractivity contribution in [3.05, 3.63) is 21.9 Å². The van der Waals surface area contributed by atoms with Crippen LogP contribution in [-0.2, 0) is 0 Å². The van der Waals surface area contributed by atoms with Crippen molar-refractivity contribution >= 4 is 11.3 Å². The van der Waals surface area contributed by atoms with Crippen molar-refractivity contribution in [2.45, 2.75) is 32.4 Å². The van der Waals surface area contributed by atoms with E-state index in [0.717, 1.165) is 0 Å². The van der Waals surface area contributed by atoms with E-state index in [4.69, 9.17) is 5.73 Å². The molecule has 0 aliphatic heterocycles. The van der Waals surface area contributed by atoms with Gasteiger partial charge in [0.05, 0.1) is 6.04 Å². The highest BCUT2D eigenvalue weighted by Crippen LogP contribution is 2.29. The van der Waals surface area contributed by atoms with Gasteiger partial charge in [-0.15, -0.1) is 11.3 Å². The van der Waals surface area contributed by atoms with Crippen molar-refractivity contribution < 1.29 is 0 Å². The van der Waals surface area contributed by atoms with Crippen LogP contribution in [0.4, 0.5) is 0 Å². The largest absolute Gasteiger partial charge is 0.324 e. The van der Waals surface area contributed by atoms with Gasteiger partial charge in [0.1, 0.15) is 0 Å². The molecule has 0 spiro atoms. The first-order valence-electron chi connectivity index (χ1n) is 4.47. The Kier molecular flexibility index (Phi) is 3.11. The molecule has 3 N–H and O–H groups in total. The molecule has 74 valence electrons. The predicted molar refractivity (Wildman–Crippen MR) is 59.1 cm³/mol. The summed E-state index contributed by atoms with van der Waals surface area (Å²) in [6.07, 6.45) is 0. The Morgan fingerprint density at radius 3 is 2.46 bits per heavy atom. The number of hydrogen-bond donors (Lipinski definition) is 2. The van der Waals surface area contributed by atoms with Crippen molar-refractivity contribution in [2.24, 2.45) is 5.73 Å². The zero-order chi connectivity index (χ0) is 10.1. The summed E-state index contributed by atoms with van der Waals surface area (Å²) in [5.41, 5.74) is 7.20. The number of aryl methyl sites for hydroxylation is 1. The first-order valence-corrected chi connectivity index (χ1v) is 5.35. The standard InChI is InChI=1S/C10H18N2S/c1-7-5-6-13-8(7)9(12-4)10(2,3)11/h5-6,9,12H,11H2,1-4H3. The molecule has 1 rings (SSSR count). The van der Waals surface area contributed by atoms with Crippen LogP contribution in [0.1, 0.15) is 30.3 Å². The van der Waals surface area contributed by atoms with Crippen LogP contribution in [0.2, 0.25) is 0 Å². The van der Waals surface area contributed by atoms with Crippen molar-refractivity contribution in [1.29, 1.82) is 0 Å². The SMILES string of the molecule is CNC(c1sccc1C)C(C)(C)N. The quantitative estimate of drug-likeness (QED) is 0.780. The number of thiophene rings is 1. The minimum absolute atomic E-state index is 0.218. The van der Waals surface area contributed by atoms with E-state index in [2.05, 4.69) is 23.7 Å². The van der Waals surface area contributed by atoms with E-state index in [0.29, 0.717) is 0 Å². The summed E-state index contributed by atoms with van der Waals surface area (Å²) in [5.74, 6) is 0. The van der Waals surface area contributed by atoms with Gasteiger partial charge in [-0.1, -0.05) is 0 Å². The molecule has 1 aromatic rings. The minimum Gasteiger partial charge on any atom is -0.324 e. The van der Waals surface area contributed by atoms with E-state index in [1.165, 1.54) is 10.4 Å². The minimum atomic E-state index is -0.218. The van der Waals surface area contributed by atoms with Gasteiger partial charge in [-0.25, -0.2) is 0 Å². The maximum absolute atomic E-state index is 6.09. The van der Waals surface area contributed by atoms with Crippen LogP contribution in [-0.4, -0.2) is 12.6 Å². The van der Waals surface area contributed by atoms with Crippen LogP contribution in [0.25, 0.3) is 0 Å². The van der Waals surface area contributed by atoms with Gasteiger partial charge in [0.2, 0.25) is 0 Å². The Balaban J connectivity index is 2.98. The van der Waals surface area contributed by atoms with Gasteiger partial charge >= 0.3 is 0 Å². The Hall–Kier alpha value is -0.380. The average Bonchev–Trinajstić information content (AvgIpc) is 2.35. The molecule has 1 aromatic heterocycles. The predicted octanol–water partition coefficient (Wildman–Crippen LogP) is 2.05. The maximum Gasteiger partial charge on any atom is 0.0592 e. The van der Waals surface area contributed by atoms with Gasteiger partial charge in [0, 0.05) is 10.4 Å². The maximum atomic E-state index is 6.09. The Bertz CT molecular complexity index is 273. The number of nitrogens with one attached hydrogen (secondary N) is 1. The lowest BCUT2D eigenvalue weighted by atomic mass is 9.93. The van der Waals surface area contributed by atoms with E-state index in [-0.39, 0.29) is 11.6 Å². The van der Waals surface area contributed by atoms with E-state index >= 15 is 0 Å². The highest BCUT2D eigenvalue weighted by molar-refractivity contribution is 7.10. The molecule has 1 atom stereocenters. The molecule has 2 nitrogen and oxygen atoms in total. The van der Waals surface area contributed by atoms with Gasteiger partial charge < -0.3 is 11.1 Å². The molecule has 0 saturated carbocycles. The molecule has 0 radical (unpaired) electrons. The summed E-state index contributed by atoms with van der Waals surface area (Å²) < 4.78 is 0. The molecule has 1 heterocycles. The Labute approximate surface area is 84.2 Å². The summed E-state index contributed by atoms with van der Waals surface area (Å²) >= 11 is 1.77. The molecule has 0 aliphatic carbocycles. The van der Waals surface area contributed by atoms with Crippen molar-refractivity contribution in [3.8, 4) is 0 Å². The summed E-state index contributed by atoms with van der Waals surface area (Å²) in [7, 11) is 1.96. The van der Waals surface area contributed by atoms with Crippen LogP contribution >= 0.6 is 11.3 Å². The third kappa shape index (κ3) is 2.30. The van der Waals surface area contributed by atoms with Gasteiger partial charge in [-0.3, -0.25) is 0 Å². The summed E-state index contributed by atoms with van der Waals surface area (Å²) in [6.45, 7) is 6.22. The average molecular weight is 198 g/mol. The molecular weight excluding hydrogens is 180 g/mol. The lowest BCUT2D eigenvalue weighted by Crippen LogP contribution is -2.45. The first-order chi connectivity index (χ1) is 5.96. The fourth-order valence-electron chi connectivity index (χ4n) is 1.52. The Morgan fingerprint density at radius 1 is 1.54 bits per heavy atom. The second-order valence-corrected chi connectivity index (χ2v) is 4.96. The van der Waals surface area contributed by atoms with Crippen LogP contribution in [0.5, 0.6) is 0 Å². The third-order valence-electron chi connectivity index (χ3n) is 2.20. The molecule has 3 heteroatoms. The molecule has 1 unspecified atom stereocenters. The molecule has 0 amide bonds. The lowest BCUT2D eigenvalue weighted by Gasteiger charge is -2.30. The third-order valence-corrected chi connectivity index (χ3v) is 3.28. The van der Waals surface area contributed by atoms with Gasteiger partial charge in [-0.05, 0) is 44.8 Å². The Morgan fingerprint density at radius 2 is 2.15 bits per heavy atom. The lowest BCUT2D eigenvalue weighted by molar-refractivity contribution is 0.374. The second kappa shape index (κ2) is 3.78. The van der Waals surface area contributed by atoms with Gasteiger partial charge in [0.25, 0.3) is 0 Å². The molecule has 13 heavy (non-hydrogen) atoms. The summed E-state index contributed by atoms with van der Waals surface area (Å²) in [4.78, 5) is 1.34. The molecular formula is C10H18N2S. The number of likely N-dealkylation sites (N-methyl/N-ethyl adjacent to an activating group) is 1. The van der Waals surface area contributed by atoms with Crippen molar-refractivity contribution in [3.63, 3.8) is 0 Å². The number of nitrogens with two attached hydrogens (primary N) is 1. The molecule has 0 bridgehead atoms. The zero-order valence-electron chi connectivity index (χ0n) is 8.72. The summed E-state index contributed by atoms with van der Waals surface area (Å²) in [5, 5.41) is 5.38. The van der Waals surface area contributed by atoms with Crippen LogP contribution in [0.15, 0.2) is 11.4 Å². The van der Waals surface area contributed by atoms with E-state index < -0.39 is 0 Å². The topological polar surface area (TPSA) is 38.0 Å². The first kappa shape index (κ1) is 10.7. The zero-order valence-corrected chi connectivity index (χ0v) is 9.53. The van der Waals surface area contributed by atoms with Gasteiger partial charge in [-0.2, -0.15) is 0 Å². The normalized spacial score (nSPS) is 14.5. The molecule has 0 aliphatic rings. The molecule has 0 aromatic carbocycles. The highest BCUT2D eigenvalue weighted by atomic mass is 32.1. The van der Waals surface area contributed by atoms with Crippen LogP contribution in [0, 0.1) is 6.92 Å². The smallest absolute Gasteiger partial charge is 0.0592 e. The van der Waals surface area contributed by atoms with Crippen molar-refractivity contribution in [1.82, 2.24) is 5.32 Å². The van der Waals surface area contributed by atoms with E-state index in [1.54, 1.807) is 11.3 Å². The fraction of sp³-hybridized carbons (Fsp3) is 0.600. The summed E-state index contributed by atoms with van der Waals surface area (Å²) in [6, 6.07) is 2.38. The van der Waals surface area contributed by atoms with Crippen molar-refractivity contribution in [2.75, 3.05) is 7.05 Å². The van der Waals surface area contributed by atoms with Crippen LogP contribution in [0.3, 0.4) is 0 Å². The number of hydrogen-bond acceptors (Lipinski definition) is 3. The van der Waals surface area contributed by atoms with E-state index in [1.807, 2.05) is 20.9 Å². The molecule has 0 fully saturated rings. The van der Waals surface area contributed by atoms with Crippen LogP contribution < -0.4 is 11.1 Å². The highest BCUT2D eigenvalue weighted by Gasteiger charge is 2.27. The second-order valence-electron chi connectivity index (χ2n) is 4.01. The van der Waals surface area contributed by atoms with E-state index in [9.17, 15) is 0 Å². The number of rotatable bonds is 3. The fourth-order valence-corrected chi connectivity index (χ4v) is 2.75. The van der Waals surface area contributed by atoms with Gasteiger partial charge in [0.15, 0.2) is 0 Å². The molecule has 0 saturated heterocycles.